The van der Waals surface area contributed by atoms with Crippen molar-refractivity contribution in [3.8, 4) is 6.07 Å². The van der Waals surface area contributed by atoms with Crippen LogP contribution in [0.5, 0.6) is 0 Å². The zero-order valence-electron chi connectivity index (χ0n) is 9.93. The summed E-state index contributed by atoms with van der Waals surface area (Å²) in [7, 11) is 0. The molecule has 0 spiro atoms. The molecule has 1 aliphatic rings. The number of rotatable bonds is 3. The van der Waals surface area contributed by atoms with Gasteiger partial charge in [-0.05, 0) is 12.3 Å². The molecular formula is C12H18N4. The Kier molecular flexibility index (Phi) is 3.25. The highest BCUT2D eigenvalue weighted by Gasteiger charge is 2.24. The van der Waals surface area contributed by atoms with E-state index in [9.17, 15) is 0 Å². The molecule has 2 heterocycles. The molecule has 0 saturated carbocycles. The van der Waals surface area contributed by atoms with Crippen molar-refractivity contribution in [2.24, 2.45) is 5.92 Å². The molecule has 1 saturated heterocycles. The number of aromatic nitrogens is 2. The van der Waals surface area contributed by atoms with Gasteiger partial charge in [0.15, 0.2) is 0 Å². The van der Waals surface area contributed by atoms with Crippen molar-refractivity contribution >= 4 is 0 Å². The van der Waals surface area contributed by atoms with Crippen LogP contribution in [0.1, 0.15) is 31.9 Å². The summed E-state index contributed by atoms with van der Waals surface area (Å²) in [5.74, 6) is 0.714. The van der Waals surface area contributed by atoms with E-state index in [1.165, 1.54) is 0 Å². The highest BCUT2D eigenvalue weighted by molar-refractivity contribution is 5.22. The molecule has 0 amide bonds. The first-order chi connectivity index (χ1) is 7.69. The molecule has 86 valence electrons. The minimum Gasteiger partial charge on any atom is -0.301 e. The molecule has 1 aromatic rings. The SMILES string of the molecule is CC(C)CN1CCC(n2cc(C#N)cn2)C1. The second kappa shape index (κ2) is 4.67. The van der Waals surface area contributed by atoms with Gasteiger partial charge in [0.25, 0.3) is 0 Å². The monoisotopic (exact) mass is 218 g/mol. The maximum absolute atomic E-state index is 8.75. The molecule has 0 aliphatic carbocycles. The van der Waals surface area contributed by atoms with Crippen LogP contribution in [0.4, 0.5) is 0 Å². The van der Waals surface area contributed by atoms with Gasteiger partial charge < -0.3 is 4.90 Å². The molecule has 1 aliphatic heterocycles. The lowest BCUT2D eigenvalue weighted by Gasteiger charge is -2.18. The molecule has 0 N–H and O–H groups in total. The van der Waals surface area contributed by atoms with Crippen molar-refractivity contribution in [3.63, 3.8) is 0 Å². The van der Waals surface area contributed by atoms with Crippen LogP contribution in [-0.2, 0) is 0 Å². The van der Waals surface area contributed by atoms with E-state index in [4.69, 9.17) is 5.26 Å². The predicted molar refractivity (Wildman–Crippen MR) is 61.9 cm³/mol. The third kappa shape index (κ3) is 2.42. The van der Waals surface area contributed by atoms with Crippen molar-refractivity contribution in [2.45, 2.75) is 26.3 Å². The molecule has 16 heavy (non-hydrogen) atoms. The molecule has 1 fully saturated rings. The summed E-state index contributed by atoms with van der Waals surface area (Å²) in [5, 5.41) is 13.0. The van der Waals surface area contributed by atoms with E-state index in [1.54, 1.807) is 6.20 Å². The first-order valence-corrected chi connectivity index (χ1v) is 5.85. The van der Waals surface area contributed by atoms with Crippen LogP contribution in [0.15, 0.2) is 12.4 Å². The van der Waals surface area contributed by atoms with Crippen LogP contribution in [0.2, 0.25) is 0 Å². The topological polar surface area (TPSA) is 44.9 Å². The minimum absolute atomic E-state index is 0.445. The van der Waals surface area contributed by atoms with Gasteiger partial charge in [-0.25, -0.2) is 0 Å². The molecule has 1 atom stereocenters. The van der Waals surface area contributed by atoms with Crippen LogP contribution in [0.3, 0.4) is 0 Å². The lowest BCUT2D eigenvalue weighted by molar-refractivity contribution is 0.284. The minimum atomic E-state index is 0.445. The Morgan fingerprint density at radius 1 is 1.62 bits per heavy atom. The molecular weight excluding hydrogens is 200 g/mol. The number of likely N-dealkylation sites (tertiary alicyclic amines) is 1. The van der Waals surface area contributed by atoms with Gasteiger partial charge in [-0.15, -0.1) is 0 Å². The summed E-state index contributed by atoms with van der Waals surface area (Å²) in [5.41, 5.74) is 0.655. The number of hydrogen-bond donors (Lipinski definition) is 0. The number of hydrogen-bond acceptors (Lipinski definition) is 3. The third-order valence-corrected chi connectivity index (χ3v) is 2.98. The Labute approximate surface area is 96.5 Å². The summed E-state index contributed by atoms with van der Waals surface area (Å²) in [6, 6.07) is 2.56. The molecule has 0 aromatic carbocycles. The second-order valence-corrected chi connectivity index (χ2v) is 4.92. The fourth-order valence-electron chi connectivity index (χ4n) is 2.31. The maximum Gasteiger partial charge on any atom is 0.102 e. The Morgan fingerprint density at radius 3 is 3.06 bits per heavy atom. The van der Waals surface area contributed by atoms with Gasteiger partial charge in [0.2, 0.25) is 0 Å². The molecule has 0 bridgehead atoms. The molecule has 0 radical (unpaired) electrons. The van der Waals surface area contributed by atoms with Crippen LogP contribution >= 0.6 is 0 Å². The van der Waals surface area contributed by atoms with E-state index < -0.39 is 0 Å². The summed E-state index contributed by atoms with van der Waals surface area (Å²) >= 11 is 0. The summed E-state index contributed by atoms with van der Waals surface area (Å²) < 4.78 is 1.94. The van der Waals surface area contributed by atoms with Crippen LogP contribution in [-0.4, -0.2) is 34.3 Å². The van der Waals surface area contributed by atoms with Crippen LogP contribution in [0, 0.1) is 17.2 Å². The van der Waals surface area contributed by atoms with Gasteiger partial charge in [-0.2, -0.15) is 10.4 Å². The largest absolute Gasteiger partial charge is 0.301 e. The van der Waals surface area contributed by atoms with E-state index in [1.807, 2.05) is 10.9 Å². The second-order valence-electron chi connectivity index (χ2n) is 4.92. The lowest BCUT2D eigenvalue weighted by atomic mass is 10.2. The molecule has 4 heteroatoms. The van der Waals surface area contributed by atoms with Crippen LogP contribution < -0.4 is 0 Å². The predicted octanol–water partition coefficient (Wildman–Crippen LogP) is 1.66. The highest BCUT2D eigenvalue weighted by atomic mass is 15.3. The van der Waals surface area contributed by atoms with E-state index in [2.05, 4.69) is 29.9 Å². The average Bonchev–Trinajstić information content (AvgIpc) is 2.83. The zero-order valence-corrected chi connectivity index (χ0v) is 9.93. The lowest BCUT2D eigenvalue weighted by Crippen LogP contribution is -2.25. The van der Waals surface area contributed by atoms with Gasteiger partial charge in [0.1, 0.15) is 6.07 Å². The Bertz CT molecular complexity index is 388. The van der Waals surface area contributed by atoms with Gasteiger partial charge >= 0.3 is 0 Å². The third-order valence-electron chi connectivity index (χ3n) is 2.98. The average molecular weight is 218 g/mol. The normalized spacial score (nSPS) is 21.5. The van der Waals surface area contributed by atoms with E-state index >= 15 is 0 Å². The Hall–Kier alpha value is -1.34. The van der Waals surface area contributed by atoms with Gasteiger partial charge in [-0.1, -0.05) is 13.8 Å². The first-order valence-electron chi connectivity index (χ1n) is 5.85. The molecule has 1 unspecified atom stereocenters. The van der Waals surface area contributed by atoms with Gasteiger partial charge in [-0.3, -0.25) is 4.68 Å². The van der Waals surface area contributed by atoms with E-state index in [-0.39, 0.29) is 0 Å². The molecule has 4 nitrogen and oxygen atoms in total. The number of nitrogens with zero attached hydrogens (tertiary/aromatic N) is 4. The fraction of sp³-hybridized carbons (Fsp3) is 0.667. The van der Waals surface area contributed by atoms with Crippen molar-refractivity contribution in [2.75, 3.05) is 19.6 Å². The summed E-state index contributed by atoms with van der Waals surface area (Å²) in [6.45, 7) is 7.85. The Balaban J connectivity index is 1.96. The summed E-state index contributed by atoms with van der Waals surface area (Å²) in [6.07, 6.45) is 4.63. The van der Waals surface area contributed by atoms with Crippen molar-refractivity contribution in [1.29, 1.82) is 5.26 Å². The molecule has 2 rings (SSSR count). The van der Waals surface area contributed by atoms with E-state index in [0.717, 1.165) is 26.1 Å². The first kappa shape index (κ1) is 11.2. The highest BCUT2D eigenvalue weighted by Crippen LogP contribution is 2.21. The quantitative estimate of drug-likeness (QED) is 0.775. The molecule has 1 aromatic heterocycles. The van der Waals surface area contributed by atoms with Gasteiger partial charge in [0.05, 0.1) is 17.8 Å². The fourth-order valence-corrected chi connectivity index (χ4v) is 2.31. The van der Waals surface area contributed by atoms with Gasteiger partial charge in [0, 0.05) is 25.8 Å². The Morgan fingerprint density at radius 2 is 2.44 bits per heavy atom. The summed E-state index contributed by atoms with van der Waals surface area (Å²) in [4.78, 5) is 2.48. The van der Waals surface area contributed by atoms with Crippen molar-refractivity contribution in [3.05, 3.63) is 18.0 Å². The van der Waals surface area contributed by atoms with Crippen molar-refractivity contribution in [1.82, 2.24) is 14.7 Å². The maximum atomic E-state index is 8.75. The smallest absolute Gasteiger partial charge is 0.102 e. The van der Waals surface area contributed by atoms with E-state index in [0.29, 0.717) is 17.5 Å². The zero-order chi connectivity index (χ0) is 11.5. The standard InChI is InChI=1S/C12H18N4/c1-10(2)7-15-4-3-12(9-15)16-8-11(5-13)6-14-16/h6,8,10,12H,3-4,7,9H2,1-2H3. The number of nitriles is 1. The van der Waals surface area contributed by atoms with Crippen LogP contribution in [0.25, 0.3) is 0 Å². The van der Waals surface area contributed by atoms with Crippen molar-refractivity contribution < 1.29 is 0 Å².